The lowest BCUT2D eigenvalue weighted by Crippen LogP contribution is -2.35. The molecule has 0 saturated carbocycles. The van der Waals surface area contributed by atoms with E-state index in [-0.39, 0.29) is 17.4 Å². The molecule has 2 aromatic carbocycles. The Bertz CT molecular complexity index is 1410. The van der Waals surface area contributed by atoms with E-state index in [9.17, 15) is 8.42 Å². The van der Waals surface area contributed by atoms with Crippen molar-refractivity contribution >= 4 is 28.4 Å². The highest BCUT2D eigenvalue weighted by Crippen LogP contribution is 2.44. The number of hydrogen-bond donors (Lipinski definition) is 0. The highest BCUT2D eigenvalue weighted by molar-refractivity contribution is 7.92. The molecule has 0 N–H and O–H groups in total. The van der Waals surface area contributed by atoms with Crippen LogP contribution in [0.3, 0.4) is 0 Å². The van der Waals surface area contributed by atoms with Gasteiger partial charge in [-0.05, 0) is 39.0 Å². The van der Waals surface area contributed by atoms with E-state index in [1.807, 2.05) is 51.1 Å². The van der Waals surface area contributed by atoms with E-state index in [0.717, 1.165) is 16.7 Å². The average Bonchev–Trinajstić information content (AvgIpc) is 3.36. The van der Waals surface area contributed by atoms with Crippen LogP contribution in [0.25, 0.3) is 0 Å². The first-order valence-electron chi connectivity index (χ1n) is 11.4. The number of fused-ring (bicyclic) bond motifs is 1. The summed E-state index contributed by atoms with van der Waals surface area (Å²) < 4.78 is 46.3. The van der Waals surface area contributed by atoms with Gasteiger partial charge in [-0.3, -0.25) is 0 Å². The first kappa shape index (κ1) is 23.4. The lowest BCUT2D eigenvalue weighted by molar-refractivity contribution is 0.173. The molecule has 0 bridgehead atoms. The molecule has 1 unspecified atom stereocenters. The van der Waals surface area contributed by atoms with Crippen LogP contribution >= 0.6 is 0 Å². The van der Waals surface area contributed by atoms with Gasteiger partial charge < -0.3 is 14.0 Å². The standard InChI is InChI=1S/C26H27BN2O5S/c1-17-10-12-20(13-11-17)35(30,31)29-16-23(21-8-6-7-9-24(21)32-5)22-14-19(15-28-25(22)29)27-33-18(2)26(3,4)34-27/h6-15,23H,2,16H2,1,3-5H3. The van der Waals surface area contributed by atoms with Gasteiger partial charge in [-0.25, -0.2) is 17.7 Å². The minimum Gasteiger partial charge on any atom is -0.534 e. The maximum atomic E-state index is 13.7. The molecule has 3 aromatic rings. The van der Waals surface area contributed by atoms with Gasteiger partial charge in [0.25, 0.3) is 10.0 Å². The van der Waals surface area contributed by atoms with Gasteiger partial charge >= 0.3 is 7.12 Å². The molecule has 0 spiro atoms. The fourth-order valence-corrected chi connectivity index (χ4v) is 5.93. The maximum Gasteiger partial charge on any atom is 0.564 e. The monoisotopic (exact) mass is 490 g/mol. The molecule has 180 valence electrons. The SMILES string of the molecule is C=C1OB(c2cnc3c(c2)C(c2ccccc2OC)CN3S(=O)(=O)c2ccc(C)cc2)OC1(C)C. The maximum absolute atomic E-state index is 13.7. The lowest BCUT2D eigenvalue weighted by atomic mass is 9.78. The molecule has 0 radical (unpaired) electrons. The largest absolute Gasteiger partial charge is 0.564 e. The summed E-state index contributed by atoms with van der Waals surface area (Å²) in [5, 5.41) is 0. The molecule has 0 amide bonds. The van der Waals surface area contributed by atoms with Crippen LogP contribution in [0.1, 0.15) is 36.5 Å². The van der Waals surface area contributed by atoms with Crippen molar-refractivity contribution in [3.8, 4) is 5.75 Å². The first-order chi connectivity index (χ1) is 16.6. The molecular formula is C26H27BN2O5S. The van der Waals surface area contributed by atoms with E-state index in [1.54, 1.807) is 37.6 Å². The molecule has 3 heterocycles. The Morgan fingerprint density at radius 1 is 1.14 bits per heavy atom. The van der Waals surface area contributed by atoms with E-state index in [1.165, 1.54) is 4.31 Å². The zero-order valence-corrected chi connectivity index (χ0v) is 21.0. The highest BCUT2D eigenvalue weighted by Gasteiger charge is 2.45. The van der Waals surface area contributed by atoms with Crippen molar-refractivity contribution in [2.45, 2.75) is 37.2 Å². The summed E-state index contributed by atoms with van der Waals surface area (Å²) >= 11 is 0. The third-order valence-electron chi connectivity index (χ3n) is 6.59. The predicted molar refractivity (Wildman–Crippen MR) is 136 cm³/mol. The molecule has 2 aliphatic rings. The third-order valence-corrected chi connectivity index (χ3v) is 8.36. The van der Waals surface area contributed by atoms with Crippen LogP contribution in [0.5, 0.6) is 5.75 Å². The number of anilines is 1. The fraction of sp³-hybridized carbons (Fsp3) is 0.269. The van der Waals surface area contributed by atoms with Crippen LogP contribution in [0.2, 0.25) is 0 Å². The summed E-state index contributed by atoms with van der Waals surface area (Å²) in [6.07, 6.45) is 1.61. The van der Waals surface area contributed by atoms with Crippen molar-refractivity contribution in [1.29, 1.82) is 0 Å². The number of nitrogens with zero attached hydrogens (tertiary/aromatic N) is 2. The Balaban J connectivity index is 1.62. The van der Waals surface area contributed by atoms with Gasteiger partial charge in [-0.15, -0.1) is 0 Å². The normalized spacial score (nSPS) is 19.0. The predicted octanol–water partition coefficient (Wildman–Crippen LogP) is 3.77. The number of aromatic nitrogens is 1. The van der Waals surface area contributed by atoms with Crippen molar-refractivity contribution in [2.75, 3.05) is 18.0 Å². The lowest BCUT2D eigenvalue weighted by Gasteiger charge is -2.20. The summed E-state index contributed by atoms with van der Waals surface area (Å²) in [7, 11) is -2.90. The Morgan fingerprint density at radius 2 is 1.86 bits per heavy atom. The highest BCUT2D eigenvalue weighted by atomic mass is 32.2. The van der Waals surface area contributed by atoms with Crippen LogP contribution < -0.4 is 14.5 Å². The number of benzene rings is 2. The number of methoxy groups -OCH3 is 1. The van der Waals surface area contributed by atoms with Gasteiger partial charge in [-0.1, -0.05) is 48.5 Å². The smallest absolute Gasteiger partial charge is 0.534 e. The molecule has 1 atom stereocenters. The molecule has 1 saturated heterocycles. The molecule has 2 aliphatic heterocycles. The van der Waals surface area contributed by atoms with E-state index >= 15 is 0 Å². The second kappa shape index (κ2) is 8.43. The number of para-hydroxylation sites is 1. The second-order valence-corrected chi connectivity index (χ2v) is 11.2. The van der Waals surface area contributed by atoms with E-state index < -0.39 is 22.7 Å². The summed E-state index contributed by atoms with van der Waals surface area (Å²) in [5.74, 6) is 1.33. The summed E-state index contributed by atoms with van der Waals surface area (Å²) in [4.78, 5) is 4.84. The zero-order chi connectivity index (χ0) is 25.0. The van der Waals surface area contributed by atoms with Crippen LogP contribution in [0.15, 0.2) is 78.0 Å². The van der Waals surface area contributed by atoms with Gasteiger partial charge in [0, 0.05) is 35.2 Å². The molecule has 1 aromatic heterocycles. The average molecular weight is 490 g/mol. The van der Waals surface area contributed by atoms with Crippen molar-refractivity contribution in [3.63, 3.8) is 0 Å². The third kappa shape index (κ3) is 3.98. The van der Waals surface area contributed by atoms with Crippen LogP contribution in [0, 0.1) is 6.92 Å². The molecule has 35 heavy (non-hydrogen) atoms. The van der Waals surface area contributed by atoms with Crippen molar-refractivity contribution in [2.24, 2.45) is 0 Å². The first-order valence-corrected chi connectivity index (χ1v) is 12.8. The molecular weight excluding hydrogens is 463 g/mol. The van der Waals surface area contributed by atoms with Gasteiger partial charge in [0.1, 0.15) is 17.2 Å². The number of sulfonamides is 1. The molecule has 0 aliphatic carbocycles. The van der Waals surface area contributed by atoms with Gasteiger partial charge in [0.2, 0.25) is 0 Å². The number of ether oxygens (including phenoxy) is 1. The van der Waals surface area contributed by atoms with Gasteiger partial charge in [0.05, 0.1) is 17.8 Å². The molecule has 5 rings (SSSR count). The van der Waals surface area contributed by atoms with Crippen LogP contribution in [-0.2, 0) is 19.3 Å². The number of aryl methyl sites for hydroxylation is 1. The topological polar surface area (TPSA) is 78.0 Å². The quantitative estimate of drug-likeness (QED) is 0.507. The number of pyridine rings is 1. The fourth-order valence-electron chi connectivity index (χ4n) is 4.47. The Hall–Kier alpha value is -3.30. The van der Waals surface area contributed by atoms with Crippen molar-refractivity contribution in [3.05, 3.63) is 89.8 Å². The van der Waals surface area contributed by atoms with E-state index in [0.29, 0.717) is 22.8 Å². The minimum atomic E-state index is -3.84. The van der Waals surface area contributed by atoms with Gasteiger partial charge in [0.15, 0.2) is 0 Å². The van der Waals surface area contributed by atoms with Crippen LogP contribution in [0.4, 0.5) is 5.82 Å². The minimum absolute atomic E-state index is 0.201. The Labute approximate surface area is 206 Å². The van der Waals surface area contributed by atoms with E-state index in [4.69, 9.17) is 14.0 Å². The summed E-state index contributed by atoms with van der Waals surface area (Å²) in [5.41, 5.74) is 2.71. The van der Waals surface area contributed by atoms with Crippen molar-refractivity contribution in [1.82, 2.24) is 4.98 Å². The van der Waals surface area contributed by atoms with Crippen molar-refractivity contribution < 1.29 is 22.5 Å². The Morgan fingerprint density at radius 3 is 2.51 bits per heavy atom. The second-order valence-electron chi connectivity index (χ2n) is 9.33. The van der Waals surface area contributed by atoms with E-state index in [2.05, 4.69) is 11.6 Å². The summed E-state index contributed by atoms with van der Waals surface area (Å²) in [6.45, 7) is 9.86. The summed E-state index contributed by atoms with van der Waals surface area (Å²) in [6, 6.07) is 16.4. The zero-order valence-electron chi connectivity index (χ0n) is 20.2. The number of hydrogen-bond acceptors (Lipinski definition) is 6. The molecule has 7 nitrogen and oxygen atoms in total. The molecule has 1 fully saturated rings. The Kier molecular flexibility index (Phi) is 5.64. The van der Waals surface area contributed by atoms with Gasteiger partial charge in [-0.2, -0.15) is 0 Å². The number of rotatable bonds is 5. The van der Waals surface area contributed by atoms with Crippen LogP contribution in [-0.4, -0.2) is 39.8 Å². The molecule has 9 heteroatoms.